The minimum atomic E-state index is 0.268. The summed E-state index contributed by atoms with van der Waals surface area (Å²) in [6, 6.07) is 6.91. The van der Waals surface area contributed by atoms with E-state index in [-0.39, 0.29) is 6.04 Å². The Morgan fingerprint density at radius 3 is 2.79 bits per heavy atom. The number of aromatic nitrogens is 2. The lowest BCUT2D eigenvalue weighted by Gasteiger charge is -2.12. The summed E-state index contributed by atoms with van der Waals surface area (Å²) in [5.74, 6) is 1.87. The van der Waals surface area contributed by atoms with Gasteiger partial charge in [-0.3, -0.25) is 0 Å². The first-order chi connectivity index (χ1) is 9.22. The molecule has 0 aliphatic heterocycles. The minimum absolute atomic E-state index is 0.268. The van der Waals surface area contributed by atoms with Crippen LogP contribution in [0.5, 0.6) is 0 Å². The highest BCUT2D eigenvalue weighted by molar-refractivity contribution is 6.31. The molecule has 0 saturated heterocycles. The monoisotopic (exact) mass is 275 g/mol. The van der Waals surface area contributed by atoms with Crippen LogP contribution in [0.2, 0.25) is 5.02 Å². The van der Waals surface area contributed by atoms with Gasteiger partial charge in [-0.15, -0.1) is 0 Å². The minimum Gasteiger partial charge on any atom is -0.327 e. The van der Waals surface area contributed by atoms with Crippen molar-refractivity contribution in [3.63, 3.8) is 0 Å². The second-order valence-electron chi connectivity index (χ2n) is 5.97. The Bertz CT molecular complexity index is 626. The van der Waals surface area contributed by atoms with E-state index in [1.165, 1.54) is 31.2 Å². The Morgan fingerprint density at radius 1 is 1.32 bits per heavy atom. The van der Waals surface area contributed by atoms with Crippen molar-refractivity contribution in [2.45, 2.75) is 44.2 Å². The lowest BCUT2D eigenvalue weighted by Crippen LogP contribution is -2.26. The lowest BCUT2D eigenvalue weighted by atomic mass is 10.1. The number of benzene rings is 1. The molecule has 19 heavy (non-hydrogen) atoms. The predicted octanol–water partition coefficient (Wildman–Crippen LogP) is 3.30. The van der Waals surface area contributed by atoms with Gasteiger partial charge in [0.15, 0.2) is 0 Å². The molecule has 1 atom stereocenters. The van der Waals surface area contributed by atoms with Crippen LogP contribution < -0.4 is 5.73 Å². The second-order valence-corrected chi connectivity index (χ2v) is 6.40. The van der Waals surface area contributed by atoms with Crippen molar-refractivity contribution in [1.82, 2.24) is 9.55 Å². The SMILES string of the molecule is NC(Cc1nc2cc(Cl)ccc2n1C1CC1)C1CC1. The lowest BCUT2D eigenvalue weighted by molar-refractivity contribution is 0.554. The van der Waals surface area contributed by atoms with Crippen LogP contribution in [0, 0.1) is 5.92 Å². The molecule has 1 aromatic carbocycles. The molecule has 0 radical (unpaired) electrons. The predicted molar refractivity (Wildman–Crippen MR) is 77.4 cm³/mol. The number of fused-ring (bicyclic) bond motifs is 1. The molecular weight excluding hydrogens is 258 g/mol. The van der Waals surface area contributed by atoms with Gasteiger partial charge in [-0.25, -0.2) is 4.98 Å². The van der Waals surface area contributed by atoms with Crippen molar-refractivity contribution in [1.29, 1.82) is 0 Å². The van der Waals surface area contributed by atoms with Crippen molar-refractivity contribution in [2.24, 2.45) is 11.7 Å². The standard InChI is InChI=1S/C15H18ClN3/c16-10-3-6-14-13(7-10)18-15(19(14)11-4-5-11)8-12(17)9-1-2-9/h3,6-7,9,11-12H,1-2,4-5,8,17H2. The van der Waals surface area contributed by atoms with Crippen molar-refractivity contribution in [3.8, 4) is 0 Å². The van der Waals surface area contributed by atoms with Gasteiger partial charge in [0.25, 0.3) is 0 Å². The Labute approximate surface area is 117 Å². The highest BCUT2D eigenvalue weighted by atomic mass is 35.5. The molecular formula is C15H18ClN3. The van der Waals surface area contributed by atoms with Gasteiger partial charge in [-0.1, -0.05) is 11.6 Å². The molecule has 100 valence electrons. The zero-order valence-corrected chi connectivity index (χ0v) is 11.6. The van der Waals surface area contributed by atoms with Gasteiger partial charge in [-0.05, 0) is 49.8 Å². The summed E-state index contributed by atoms with van der Waals surface area (Å²) < 4.78 is 2.40. The van der Waals surface area contributed by atoms with Crippen LogP contribution in [-0.4, -0.2) is 15.6 Å². The summed E-state index contributed by atoms with van der Waals surface area (Å²) in [6.07, 6.45) is 6.00. The van der Waals surface area contributed by atoms with Gasteiger partial charge in [0, 0.05) is 23.5 Å². The summed E-state index contributed by atoms with van der Waals surface area (Å²) in [5.41, 5.74) is 8.50. The molecule has 3 nitrogen and oxygen atoms in total. The molecule has 1 heterocycles. The molecule has 2 N–H and O–H groups in total. The van der Waals surface area contributed by atoms with E-state index in [9.17, 15) is 0 Å². The highest BCUT2D eigenvalue weighted by Gasteiger charge is 2.32. The van der Waals surface area contributed by atoms with Crippen molar-refractivity contribution >= 4 is 22.6 Å². The van der Waals surface area contributed by atoms with Crippen LogP contribution in [0.1, 0.15) is 37.5 Å². The van der Waals surface area contributed by atoms with Gasteiger partial charge in [0.2, 0.25) is 0 Å². The molecule has 1 unspecified atom stereocenters. The molecule has 2 saturated carbocycles. The number of hydrogen-bond acceptors (Lipinski definition) is 2. The van der Waals surface area contributed by atoms with Crippen LogP contribution in [0.25, 0.3) is 11.0 Å². The third kappa shape index (κ3) is 2.15. The Morgan fingerprint density at radius 2 is 2.11 bits per heavy atom. The van der Waals surface area contributed by atoms with Gasteiger partial charge < -0.3 is 10.3 Å². The normalized spacial score (nSPS) is 20.9. The third-order valence-corrected chi connectivity index (χ3v) is 4.52. The van der Waals surface area contributed by atoms with Gasteiger partial charge >= 0.3 is 0 Å². The maximum absolute atomic E-state index is 6.27. The molecule has 4 rings (SSSR count). The first kappa shape index (κ1) is 11.7. The maximum atomic E-state index is 6.27. The molecule has 2 aliphatic rings. The fourth-order valence-corrected chi connectivity index (χ4v) is 3.07. The average Bonchev–Trinajstić information content (AvgIpc) is 3.24. The molecule has 2 fully saturated rings. The first-order valence-electron chi connectivity index (χ1n) is 7.14. The molecule has 2 aliphatic carbocycles. The number of nitrogens with two attached hydrogens (primary N) is 1. The largest absolute Gasteiger partial charge is 0.327 e. The summed E-state index contributed by atoms with van der Waals surface area (Å²) >= 11 is 6.07. The number of halogens is 1. The topological polar surface area (TPSA) is 43.8 Å². The number of rotatable bonds is 4. The van der Waals surface area contributed by atoms with E-state index in [1.54, 1.807) is 0 Å². The van der Waals surface area contributed by atoms with Crippen LogP contribution in [0.15, 0.2) is 18.2 Å². The Hall–Kier alpha value is -1.06. The molecule has 0 amide bonds. The van der Waals surface area contributed by atoms with E-state index in [2.05, 4.69) is 10.6 Å². The number of hydrogen-bond donors (Lipinski definition) is 1. The summed E-state index contributed by atoms with van der Waals surface area (Å²) in [5, 5.41) is 0.756. The van der Waals surface area contributed by atoms with Gasteiger partial charge in [0.05, 0.1) is 11.0 Å². The van der Waals surface area contributed by atoms with E-state index >= 15 is 0 Å². The number of nitrogens with zero attached hydrogens (tertiary/aromatic N) is 2. The maximum Gasteiger partial charge on any atom is 0.111 e. The second kappa shape index (κ2) is 4.22. The third-order valence-electron chi connectivity index (χ3n) is 4.28. The first-order valence-corrected chi connectivity index (χ1v) is 7.52. The summed E-state index contributed by atoms with van der Waals surface area (Å²) in [6.45, 7) is 0. The molecule has 0 bridgehead atoms. The fraction of sp³-hybridized carbons (Fsp3) is 0.533. The summed E-state index contributed by atoms with van der Waals surface area (Å²) in [7, 11) is 0. The van der Waals surface area contributed by atoms with Crippen LogP contribution >= 0.6 is 11.6 Å². The smallest absolute Gasteiger partial charge is 0.111 e. The molecule has 1 aromatic heterocycles. The van der Waals surface area contributed by atoms with Gasteiger partial charge in [0.1, 0.15) is 5.82 Å². The van der Waals surface area contributed by atoms with Crippen molar-refractivity contribution in [2.75, 3.05) is 0 Å². The van der Waals surface area contributed by atoms with E-state index in [0.29, 0.717) is 6.04 Å². The Kier molecular flexibility index (Phi) is 2.61. The number of imidazole rings is 1. The van der Waals surface area contributed by atoms with E-state index in [4.69, 9.17) is 22.3 Å². The van der Waals surface area contributed by atoms with Crippen LogP contribution in [-0.2, 0) is 6.42 Å². The molecule has 2 aromatic rings. The van der Waals surface area contributed by atoms with Crippen LogP contribution in [0.4, 0.5) is 0 Å². The molecule has 0 spiro atoms. The zero-order chi connectivity index (χ0) is 13.0. The van der Waals surface area contributed by atoms with Crippen molar-refractivity contribution in [3.05, 3.63) is 29.0 Å². The quantitative estimate of drug-likeness (QED) is 0.930. The van der Waals surface area contributed by atoms with E-state index in [1.807, 2.05) is 12.1 Å². The highest BCUT2D eigenvalue weighted by Crippen LogP contribution is 2.40. The zero-order valence-electron chi connectivity index (χ0n) is 10.8. The summed E-state index contributed by atoms with van der Waals surface area (Å²) in [4.78, 5) is 4.78. The van der Waals surface area contributed by atoms with E-state index in [0.717, 1.165) is 28.7 Å². The fourth-order valence-electron chi connectivity index (χ4n) is 2.91. The molecule has 4 heteroatoms. The van der Waals surface area contributed by atoms with Crippen molar-refractivity contribution < 1.29 is 0 Å². The van der Waals surface area contributed by atoms with E-state index < -0.39 is 0 Å². The van der Waals surface area contributed by atoms with Gasteiger partial charge in [-0.2, -0.15) is 0 Å². The average molecular weight is 276 g/mol. The Balaban J connectivity index is 1.76. The van der Waals surface area contributed by atoms with Crippen LogP contribution in [0.3, 0.4) is 0 Å².